The third-order valence-electron chi connectivity index (χ3n) is 3.89. The molecule has 0 aliphatic carbocycles. The van der Waals surface area contributed by atoms with Crippen molar-refractivity contribution in [3.8, 4) is 6.07 Å². The molecule has 0 spiro atoms. The third-order valence-corrected chi connectivity index (χ3v) is 3.89. The zero-order valence-corrected chi connectivity index (χ0v) is 14.0. The Balaban J connectivity index is 2.18. The molecule has 0 bridgehead atoms. The average Bonchev–Trinajstić information content (AvgIpc) is 2.89. The van der Waals surface area contributed by atoms with E-state index in [4.69, 9.17) is 4.74 Å². The quantitative estimate of drug-likeness (QED) is 0.795. The van der Waals surface area contributed by atoms with Gasteiger partial charge in [0, 0.05) is 0 Å². The van der Waals surface area contributed by atoms with E-state index in [2.05, 4.69) is 11.2 Å². The van der Waals surface area contributed by atoms with Crippen molar-refractivity contribution in [1.82, 2.24) is 9.78 Å². The number of hydrogen-bond donors (Lipinski definition) is 0. The van der Waals surface area contributed by atoms with Crippen molar-refractivity contribution >= 4 is 5.97 Å². The summed E-state index contributed by atoms with van der Waals surface area (Å²) in [6, 6.07) is 10.2. The first kappa shape index (κ1) is 16.8. The highest BCUT2D eigenvalue weighted by atomic mass is 16.5. The highest BCUT2D eigenvalue weighted by Crippen LogP contribution is 2.22. The SMILES string of the molecule is CCOC(=O)c1cnn(Cc2ccc(C(C)(C)C#N)cc2)c1C. The molecular weight excluding hydrogens is 290 g/mol. The Bertz CT molecular complexity index is 737. The van der Waals surface area contributed by atoms with Crippen LogP contribution in [0.1, 0.15) is 48.0 Å². The van der Waals surface area contributed by atoms with Crippen molar-refractivity contribution in [3.05, 3.63) is 52.8 Å². The number of hydrogen-bond acceptors (Lipinski definition) is 4. The second kappa shape index (κ2) is 6.66. The molecule has 0 amide bonds. The van der Waals surface area contributed by atoms with Crippen LogP contribution in [0.2, 0.25) is 0 Å². The van der Waals surface area contributed by atoms with E-state index >= 15 is 0 Å². The van der Waals surface area contributed by atoms with Crippen molar-refractivity contribution in [1.29, 1.82) is 5.26 Å². The maximum atomic E-state index is 11.8. The number of aromatic nitrogens is 2. The molecule has 0 aliphatic rings. The van der Waals surface area contributed by atoms with Crippen LogP contribution in [-0.4, -0.2) is 22.4 Å². The summed E-state index contributed by atoms with van der Waals surface area (Å²) in [5, 5.41) is 13.4. The fourth-order valence-electron chi connectivity index (χ4n) is 2.28. The summed E-state index contributed by atoms with van der Waals surface area (Å²) in [6.45, 7) is 8.34. The van der Waals surface area contributed by atoms with E-state index in [1.54, 1.807) is 17.8 Å². The highest BCUT2D eigenvalue weighted by Gasteiger charge is 2.19. The zero-order valence-electron chi connectivity index (χ0n) is 14.0. The Morgan fingerprint density at radius 1 is 1.35 bits per heavy atom. The Labute approximate surface area is 136 Å². The number of carbonyl (C=O) groups is 1. The number of esters is 1. The van der Waals surface area contributed by atoms with Gasteiger partial charge in [0.1, 0.15) is 5.56 Å². The topological polar surface area (TPSA) is 67.9 Å². The lowest BCUT2D eigenvalue weighted by molar-refractivity contribution is 0.0525. The minimum absolute atomic E-state index is 0.345. The summed E-state index contributed by atoms with van der Waals surface area (Å²) in [4.78, 5) is 11.8. The first-order chi connectivity index (χ1) is 10.9. The molecule has 0 atom stereocenters. The molecule has 0 fully saturated rings. The minimum atomic E-state index is -0.503. The van der Waals surface area contributed by atoms with Crippen molar-refractivity contribution in [2.45, 2.75) is 39.7 Å². The van der Waals surface area contributed by atoms with Crippen LogP contribution >= 0.6 is 0 Å². The normalized spacial score (nSPS) is 11.1. The highest BCUT2D eigenvalue weighted by molar-refractivity contribution is 5.90. The van der Waals surface area contributed by atoms with E-state index < -0.39 is 5.41 Å². The maximum Gasteiger partial charge on any atom is 0.341 e. The maximum absolute atomic E-state index is 11.8. The summed E-state index contributed by atoms with van der Waals surface area (Å²) >= 11 is 0. The standard InChI is InChI=1S/C18H21N3O2/c1-5-23-17(22)16-10-20-21(13(16)2)11-14-6-8-15(9-7-14)18(3,4)12-19/h6-10H,5,11H2,1-4H3. The molecule has 0 saturated heterocycles. The second-order valence-corrected chi connectivity index (χ2v) is 5.96. The van der Waals surface area contributed by atoms with Gasteiger partial charge in [-0.3, -0.25) is 4.68 Å². The number of rotatable bonds is 5. The van der Waals surface area contributed by atoms with Gasteiger partial charge in [-0.15, -0.1) is 0 Å². The summed E-state index contributed by atoms with van der Waals surface area (Å²) < 4.78 is 6.79. The van der Waals surface area contributed by atoms with Gasteiger partial charge in [-0.2, -0.15) is 10.4 Å². The fourth-order valence-corrected chi connectivity index (χ4v) is 2.28. The predicted molar refractivity (Wildman–Crippen MR) is 87.1 cm³/mol. The molecule has 2 rings (SSSR count). The molecule has 1 aromatic heterocycles. The van der Waals surface area contributed by atoms with Crippen LogP contribution in [0.15, 0.2) is 30.5 Å². The lowest BCUT2D eigenvalue weighted by Gasteiger charge is -2.16. The molecule has 0 N–H and O–H groups in total. The number of nitrogens with zero attached hydrogens (tertiary/aromatic N) is 3. The molecule has 2 aromatic rings. The third kappa shape index (κ3) is 3.59. The molecule has 0 aliphatic heterocycles. The van der Waals surface area contributed by atoms with Crippen LogP contribution in [0.5, 0.6) is 0 Å². The second-order valence-electron chi connectivity index (χ2n) is 5.96. The molecule has 120 valence electrons. The molecule has 1 aromatic carbocycles. The van der Waals surface area contributed by atoms with Crippen LogP contribution in [0.3, 0.4) is 0 Å². The Hall–Kier alpha value is -2.61. The lowest BCUT2D eigenvalue weighted by atomic mass is 9.86. The number of ether oxygens (including phenoxy) is 1. The number of carbonyl (C=O) groups excluding carboxylic acids is 1. The fraction of sp³-hybridized carbons (Fsp3) is 0.389. The Morgan fingerprint density at radius 2 is 2.00 bits per heavy atom. The lowest BCUT2D eigenvalue weighted by Crippen LogP contribution is -2.14. The summed E-state index contributed by atoms with van der Waals surface area (Å²) in [5.41, 5.74) is 2.81. The van der Waals surface area contributed by atoms with Gasteiger partial charge in [-0.25, -0.2) is 4.79 Å². The van der Waals surface area contributed by atoms with Crippen molar-refractivity contribution < 1.29 is 9.53 Å². The van der Waals surface area contributed by atoms with Crippen LogP contribution in [0.25, 0.3) is 0 Å². The van der Waals surface area contributed by atoms with Gasteiger partial charge in [0.15, 0.2) is 0 Å². The van der Waals surface area contributed by atoms with E-state index in [0.29, 0.717) is 18.7 Å². The van der Waals surface area contributed by atoms with Crippen molar-refractivity contribution in [3.63, 3.8) is 0 Å². The molecule has 1 heterocycles. The first-order valence-electron chi connectivity index (χ1n) is 7.59. The molecule has 0 unspecified atom stereocenters. The summed E-state index contributed by atoms with van der Waals surface area (Å²) in [7, 11) is 0. The van der Waals surface area contributed by atoms with Crippen molar-refractivity contribution in [2.75, 3.05) is 6.61 Å². The van der Waals surface area contributed by atoms with Crippen LogP contribution < -0.4 is 0 Å². The van der Waals surface area contributed by atoms with Crippen molar-refractivity contribution in [2.24, 2.45) is 0 Å². The van der Waals surface area contributed by atoms with E-state index in [1.165, 1.54) is 0 Å². The van der Waals surface area contributed by atoms with Crippen LogP contribution in [0, 0.1) is 18.3 Å². The van der Waals surface area contributed by atoms with Gasteiger partial charge in [0.05, 0.1) is 36.5 Å². The molecular formula is C18H21N3O2. The molecule has 0 radical (unpaired) electrons. The Morgan fingerprint density at radius 3 is 2.57 bits per heavy atom. The van der Waals surface area contributed by atoms with Crippen LogP contribution in [-0.2, 0) is 16.7 Å². The molecule has 23 heavy (non-hydrogen) atoms. The van der Waals surface area contributed by atoms with Gasteiger partial charge in [-0.05, 0) is 38.8 Å². The van der Waals surface area contributed by atoms with E-state index in [1.807, 2.05) is 45.0 Å². The van der Waals surface area contributed by atoms with E-state index in [9.17, 15) is 10.1 Å². The van der Waals surface area contributed by atoms with Gasteiger partial charge >= 0.3 is 5.97 Å². The Kier molecular flexibility index (Phi) is 4.85. The average molecular weight is 311 g/mol. The summed E-state index contributed by atoms with van der Waals surface area (Å²) in [6.07, 6.45) is 1.54. The monoisotopic (exact) mass is 311 g/mol. The molecule has 5 heteroatoms. The van der Waals surface area contributed by atoms with E-state index in [-0.39, 0.29) is 5.97 Å². The van der Waals surface area contributed by atoms with Gasteiger partial charge in [0.25, 0.3) is 0 Å². The predicted octanol–water partition coefficient (Wildman–Crippen LogP) is 3.22. The van der Waals surface area contributed by atoms with Gasteiger partial charge < -0.3 is 4.74 Å². The smallest absolute Gasteiger partial charge is 0.341 e. The van der Waals surface area contributed by atoms with E-state index in [0.717, 1.165) is 16.8 Å². The molecule has 5 nitrogen and oxygen atoms in total. The largest absolute Gasteiger partial charge is 0.462 e. The van der Waals surface area contributed by atoms with Crippen LogP contribution in [0.4, 0.5) is 0 Å². The number of nitriles is 1. The minimum Gasteiger partial charge on any atom is -0.462 e. The summed E-state index contributed by atoms with van der Waals surface area (Å²) in [5.74, 6) is -0.345. The first-order valence-corrected chi connectivity index (χ1v) is 7.59. The number of benzene rings is 1. The zero-order chi connectivity index (χ0) is 17.0. The van der Waals surface area contributed by atoms with Gasteiger partial charge in [-0.1, -0.05) is 24.3 Å². The van der Waals surface area contributed by atoms with Gasteiger partial charge in [0.2, 0.25) is 0 Å². The molecule has 0 saturated carbocycles.